The molecule has 0 bridgehead atoms. The van der Waals surface area contributed by atoms with E-state index in [9.17, 15) is 12.9 Å². The summed E-state index contributed by atoms with van der Waals surface area (Å²) in [5, 5.41) is 1.32. The van der Waals surface area contributed by atoms with Gasteiger partial charge in [0.05, 0.1) is 6.61 Å². The van der Waals surface area contributed by atoms with Crippen LogP contribution in [0.2, 0.25) is 0 Å². The van der Waals surface area contributed by atoms with Gasteiger partial charge in [0.25, 0.3) is 0 Å². The molecule has 1 nitrogen and oxygen atoms in total. The van der Waals surface area contributed by atoms with Gasteiger partial charge in [0.15, 0.2) is 0 Å². The molecule has 0 N–H and O–H groups in total. The summed E-state index contributed by atoms with van der Waals surface area (Å²) >= 11 is 0. The summed E-state index contributed by atoms with van der Waals surface area (Å²) in [5.41, 5.74) is -0.568. The topological polar surface area (TPSA) is 9.23 Å². The van der Waals surface area contributed by atoms with Gasteiger partial charge in [0.2, 0.25) is 0 Å². The quantitative estimate of drug-likeness (QED) is 0.734. The predicted molar refractivity (Wildman–Crippen MR) is 63.8 cm³/mol. The molecule has 2 aromatic carbocycles. The molecule has 0 amide bonds. The molecular formula is C12H11BF3KO. The first kappa shape index (κ1) is 16.0. The second kappa shape index (κ2) is 6.43. The zero-order chi connectivity index (χ0) is 12.5. The van der Waals surface area contributed by atoms with Crippen LogP contribution in [0.3, 0.4) is 0 Å². The molecule has 0 saturated heterocycles. The summed E-state index contributed by atoms with van der Waals surface area (Å²) in [6.45, 7) is -2.54. The Morgan fingerprint density at radius 3 is 2.22 bits per heavy atom. The minimum Gasteiger partial charge on any atom is -0.494 e. The Kier molecular flexibility index (Phi) is 5.73. The fraction of sp³-hybridized carbons (Fsp3) is 0.167. The molecule has 0 spiro atoms. The van der Waals surface area contributed by atoms with E-state index in [-0.39, 0.29) is 51.4 Å². The number of fused-ring (bicyclic) bond motifs is 1. The maximum atomic E-state index is 12.6. The average Bonchev–Trinajstić information content (AvgIpc) is 2.27. The van der Waals surface area contributed by atoms with Crippen molar-refractivity contribution in [3.63, 3.8) is 0 Å². The smallest absolute Gasteiger partial charge is 0.494 e. The van der Waals surface area contributed by atoms with Crippen LogP contribution in [-0.2, 0) is 0 Å². The van der Waals surface area contributed by atoms with Crippen LogP contribution in [0.5, 0.6) is 5.75 Å². The third-order valence-electron chi connectivity index (χ3n) is 2.52. The number of hydrogen-bond donors (Lipinski definition) is 0. The molecule has 0 fully saturated rings. The SMILES string of the molecule is CCOc1ccc2cc([B-](F)(F)F)ccc2c1.[K+]. The minimum atomic E-state index is -4.93. The van der Waals surface area contributed by atoms with Gasteiger partial charge >= 0.3 is 58.4 Å². The molecule has 2 rings (SSSR count). The molecule has 0 saturated carbocycles. The first-order chi connectivity index (χ1) is 8.00. The number of rotatable bonds is 3. The Hall–Kier alpha value is -0.00870. The van der Waals surface area contributed by atoms with Crippen LogP contribution in [0.15, 0.2) is 36.4 Å². The van der Waals surface area contributed by atoms with E-state index in [0.717, 1.165) is 11.5 Å². The van der Waals surface area contributed by atoms with E-state index in [1.165, 1.54) is 12.1 Å². The van der Waals surface area contributed by atoms with Crippen molar-refractivity contribution in [3.8, 4) is 5.75 Å². The van der Waals surface area contributed by atoms with Crippen molar-refractivity contribution in [2.24, 2.45) is 0 Å². The molecule has 90 valence electrons. The molecule has 0 unspecified atom stereocenters. The molecule has 0 heterocycles. The van der Waals surface area contributed by atoms with Crippen molar-refractivity contribution in [1.82, 2.24) is 0 Å². The molecule has 6 heteroatoms. The van der Waals surface area contributed by atoms with Crippen molar-refractivity contribution >= 4 is 23.2 Å². The van der Waals surface area contributed by atoms with Crippen LogP contribution in [0.25, 0.3) is 10.8 Å². The predicted octanol–water partition coefficient (Wildman–Crippen LogP) is 0.297. The fourth-order valence-electron chi connectivity index (χ4n) is 1.70. The molecule has 2 aromatic rings. The van der Waals surface area contributed by atoms with Crippen LogP contribution < -0.4 is 61.6 Å². The molecule has 0 atom stereocenters. The molecule has 0 aliphatic carbocycles. The number of halogens is 3. The third-order valence-corrected chi connectivity index (χ3v) is 2.52. The third kappa shape index (κ3) is 3.74. The van der Waals surface area contributed by atoms with Crippen LogP contribution in [0.1, 0.15) is 6.92 Å². The number of ether oxygens (including phenoxy) is 1. The van der Waals surface area contributed by atoms with Crippen LogP contribution in [0, 0.1) is 0 Å². The largest absolute Gasteiger partial charge is 1.00 e. The van der Waals surface area contributed by atoms with Crippen molar-refractivity contribution in [1.29, 1.82) is 0 Å². The minimum absolute atomic E-state index is 0. The van der Waals surface area contributed by atoms with Crippen LogP contribution >= 0.6 is 0 Å². The van der Waals surface area contributed by atoms with Gasteiger partial charge in [0, 0.05) is 0 Å². The molecule has 0 aromatic heterocycles. The van der Waals surface area contributed by atoms with Crippen molar-refractivity contribution in [2.45, 2.75) is 6.92 Å². The number of hydrogen-bond acceptors (Lipinski definition) is 1. The summed E-state index contributed by atoms with van der Waals surface area (Å²) in [7, 11) is 0. The second-order valence-electron chi connectivity index (χ2n) is 3.78. The first-order valence-corrected chi connectivity index (χ1v) is 5.37. The standard InChI is InChI=1S/C12H11BF3O.K/c1-2-17-12-6-4-9-7-11(13(14,15)16)5-3-10(9)8-12;/h3-8H,2H2,1H3;/q-1;+1. The Labute approximate surface area is 146 Å². The second-order valence-corrected chi connectivity index (χ2v) is 3.78. The molecule has 0 radical (unpaired) electrons. The monoisotopic (exact) mass is 278 g/mol. The van der Waals surface area contributed by atoms with Crippen LogP contribution in [-0.4, -0.2) is 13.6 Å². The maximum absolute atomic E-state index is 12.6. The van der Waals surface area contributed by atoms with Gasteiger partial charge in [-0.15, -0.1) is 5.46 Å². The van der Waals surface area contributed by atoms with Gasteiger partial charge in [-0.05, 0) is 29.8 Å². The molecular weight excluding hydrogens is 267 g/mol. The van der Waals surface area contributed by atoms with Crippen molar-refractivity contribution < 1.29 is 69.1 Å². The molecule has 0 aliphatic heterocycles. The van der Waals surface area contributed by atoms with E-state index in [2.05, 4.69) is 0 Å². The molecule has 0 aliphatic rings. The van der Waals surface area contributed by atoms with E-state index in [0.29, 0.717) is 17.7 Å². The van der Waals surface area contributed by atoms with Gasteiger partial charge in [-0.1, -0.05) is 24.3 Å². The normalized spacial score (nSPS) is 11.1. The molecule has 18 heavy (non-hydrogen) atoms. The van der Waals surface area contributed by atoms with E-state index >= 15 is 0 Å². The summed E-state index contributed by atoms with van der Waals surface area (Å²) in [6.07, 6.45) is 0. The first-order valence-electron chi connectivity index (χ1n) is 5.37. The maximum Gasteiger partial charge on any atom is 1.00 e. The van der Waals surface area contributed by atoms with E-state index in [1.807, 2.05) is 6.92 Å². The summed E-state index contributed by atoms with van der Waals surface area (Å²) < 4.78 is 43.0. The van der Waals surface area contributed by atoms with Gasteiger partial charge in [-0.25, -0.2) is 0 Å². The zero-order valence-electron chi connectivity index (χ0n) is 10.3. The van der Waals surface area contributed by atoms with E-state index in [1.54, 1.807) is 18.2 Å². The van der Waals surface area contributed by atoms with Gasteiger partial charge in [0.1, 0.15) is 5.75 Å². The Balaban J connectivity index is 0.00000162. The van der Waals surface area contributed by atoms with E-state index < -0.39 is 12.4 Å². The van der Waals surface area contributed by atoms with Crippen molar-refractivity contribution in [2.75, 3.05) is 6.61 Å². The van der Waals surface area contributed by atoms with Crippen molar-refractivity contribution in [3.05, 3.63) is 36.4 Å². The van der Waals surface area contributed by atoms with Gasteiger partial charge in [-0.2, -0.15) is 0 Å². The zero-order valence-corrected chi connectivity index (χ0v) is 13.4. The van der Waals surface area contributed by atoms with Gasteiger partial charge < -0.3 is 17.7 Å². The summed E-state index contributed by atoms with van der Waals surface area (Å²) in [4.78, 5) is 0. The average molecular weight is 278 g/mol. The van der Waals surface area contributed by atoms with Crippen LogP contribution in [0.4, 0.5) is 12.9 Å². The Morgan fingerprint density at radius 2 is 1.61 bits per heavy atom. The van der Waals surface area contributed by atoms with Gasteiger partial charge in [-0.3, -0.25) is 0 Å². The Bertz CT molecular complexity index is 542. The fourth-order valence-corrected chi connectivity index (χ4v) is 1.70. The number of benzene rings is 2. The Morgan fingerprint density at radius 1 is 1.00 bits per heavy atom. The summed E-state index contributed by atoms with van der Waals surface area (Å²) in [5.74, 6) is 0.672. The van der Waals surface area contributed by atoms with E-state index in [4.69, 9.17) is 4.74 Å². The summed E-state index contributed by atoms with van der Waals surface area (Å²) in [6, 6.07) is 8.82.